The predicted octanol–water partition coefficient (Wildman–Crippen LogP) is 3.02. The Hall–Kier alpha value is -1.25. The van der Waals surface area contributed by atoms with Crippen molar-refractivity contribution >= 4 is 5.91 Å². The van der Waals surface area contributed by atoms with Gasteiger partial charge in [0.2, 0.25) is 0 Å². The molecule has 0 atom stereocenters. The smallest absolute Gasteiger partial charge is 0.255 e. The van der Waals surface area contributed by atoms with Crippen molar-refractivity contribution in [2.24, 2.45) is 0 Å². The second-order valence-corrected chi connectivity index (χ2v) is 5.46. The van der Waals surface area contributed by atoms with Gasteiger partial charge in [-0.25, -0.2) is 0 Å². The SMILES string of the molecule is Cc1oc(C(C)(C)C)cc1C(=O)NC(C)C. The zero-order valence-electron chi connectivity index (χ0n) is 11.0. The van der Waals surface area contributed by atoms with Crippen LogP contribution in [0.5, 0.6) is 0 Å². The second kappa shape index (κ2) is 4.32. The van der Waals surface area contributed by atoms with Crippen molar-refractivity contribution in [3.05, 3.63) is 23.2 Å². The van der Waals surface area contributed by atoms with Crippen LogP contribution in [0.15, 0.2) is 10.5 Å². The summed E-state index contributed by atoms with van der Waals surface area (Å²) in [5, 5.41) is 2.87. The summed E-state index contributed by atoms with van der Waals surface area (Å²) in [5.41, 5.74) is 0.569. The Morgan fingerprint density at radius 2 is 1.94 bits per heavy atom. The summed E-state index contributed by atoms with van der Waals surface area (Å²) < 4.78 is 5.62. The van der Waals surface area contributed by atoms with E-state index in [0.717, 1.165) is 5.76 Å². The summed E-state index contributed by atoms with van der Waals surface area (Å²) in [7, 11) is 0. The third-order valence-electron chi connectivity index (χ3n) is 2.32. The number of carbonyl (C=O) groups is 1. The Balaban J connectivity index is 2.99. The molecule has 1 amide bonds. The van der Waals surface area contributed by atoms with E-state index in [0.29, 0.717) is 11.3 Å². The fourth-order valence-corrected chi connectivity index (χ4v) is 1.42. The molecule has 0 radical (unpaired) electrons. The van der Waals surface area contributed by atoms with Gasteiger partial charge in [0.1, 0.15) is 11.5 Å². The van der Waals surface area contributed by atoms with Gasteiger partial charge in [-0.2, -0.15) is 0 Å². The Kier molecular flexibility index (Phi) is 3.46. The summed E-state index contributed by atoms with van der Waals surface area (Å²) in [6.07, 6.45) is 0. The molecule has 3 nitrogen and oxygen atoms in total. The van der Waals surface area contributed by atoms with Gasteiger partial charge in [-0.15, -0.1) is 0 Å². The summed E-state index contributed by atoms with van der Waals surface area (Å²) in [5.74, 6) is 1.47. The minimum absolute atomic E-state index is 0.0632. The minimum atomic E-state index is -0.0683. The predicted molar refractivity (Wildman–Crippen MR) is 64.7 cm³/mol. The van der Waals surface area contributed by atoms with Gasteiger partial charge in [0.25, 0.3) is 5.91 Å². The van der Waals surface area contributed by atoms with Crippen LogP contribution >= 0.6 is 0 Å². The molecule has 1 rings (SSSR count). The first kappa shape index (κ1) is 12.8. The lowest BCUT2D eigenvalue weighted by molar-refractivity contribution is 0.0941. The monoisotopic (exact) mass is 223 g/mol. The van der Waals surface area contributed by atoms with E-state index in [9.17, 15) is 4.79 Å². The third-order valence-corrected chi connectivity index (χ3v) is 2.32. The molecule has 0 fully saturated rings. The van der Waals surface area contributed by atoms with Crippen molar-refractivity contribution < 1.29 is 9.21 Å². The molecule has 1 N–H and O–H groups in total. The quantitative estimate of drug-likeness (QED) is 0.837. The number of amides is 1. The van der Waals surface area contributed by atoms with Crippen molar-refractivity contribution in [3.8, 4) is 0 Å². The molecule has 0 aliphatic heterocycles. The van der Waals surface area contributed by atoms with Crippen LogP contribution in [0.1, 0.15) is 56.5 Å². The van der Waals surface area contributed by atoms with Gasteiger partial charge >= 0.3 is 0 Å². The number of aryl methyl sites for hydroxylation is 1. The average molecular weight is 223 g/mol. The number of furan rings is 1. The van der Waals surface area contributed by atoms with Crippen LogP contribution in [0.3, 0.4) is 0 Å². The molecule has 0 saturated heterocycles. The lowest BCUT2D eigenvalue weighted by Crippen LogP contribution is -2.30. The van der Waals surface area contributed by atoms with Gasteiger partial charge in [-0.3, -0.25) is 4.79 Å². The van der Waals surface area contributed by atoms with Crippen molar-refractivity contribution in [2.75, 3.05) is 0 Å². The van der Waals surface area contributed by atoms with Crippen LogP contribution in [0.4, 0.5) is 0 Å². The summed E-state index contributed by atoms with van der Waals surface area (Å²) >= 11 is 0. The maximum atomic E-state index is 11.8. The number of nitrogens with one attached hydrogen (secondary N) is 1. The van der Waals surface area contributed by atoms with E-state index < -0.39 is 0 Å². The molecular formula is C13H21NO2. The van der Waals surface area contributed by atoms with Gasteiger partial charge in [-0.1, -0.05) is 20.8 Å². The lowest BCUT2D eigenvalue weighted by atomic mass is 9.93. The van der Waals surface area contributed by atoms with Crippen molar-refractivity contribution in [2.45, 2.75) is 53.0 Å². The second-order valence-electron chi connectivity index (χ2n) is 5.46. The summed E-state index contributed by atoms with van der Waals surface area (Å²) in [4.78, 5) is 11.8. The zero-order valence-corrected chi connectivity index (χ0v) is 11.0. The molecule has 0 unspecified atom stereocenters. The maximum absolute atomic E-state index is 11.8. The highest BCUT2D eigenvalue weighted by Gasteiger charge is 2.23. The largest absolute Gasteiger partial charge is 0.465 e. The average Bonchev–Trinajstić information content (AvgIpc) is 2.44. The summed E-state index contributed by atoms with van der Waals surface area (Å²) in [6, 6.07) is 1.98. The van der Waals surface area contributed by atoms with Gasteiger partial charge in [0.05, 0.1) is 5.56 Å². The molecule has 0 aliphatic carbocycles. The van der Waals surface area contributed by atoms with Crippen LogP contribution in [-0.4, -0.2) is 11.9 Å². The van der Waals surface area contributed by atoms with E-state index in [1.807, 2.05) is 26.8 Å². The van der Waals surface area contributed by atoms with Crippen LogP contribution < -0.4 is 5.32 Å². The zero-order chi connectivity index (χ0) is 12.5. The van der Waals surface area contributed by atoms with Crippen molar-refractivity contribution in [1.29, 1.82) is 0 Å². The summed E-state index contributed by atoms with van der Waals surface area (Å²) in [6.45, 7) is 11.9. The Morgan fingerprint density at radius 1 is 1.38 bits per heavy atom. The number of hydrogen-bond donors (Lipinski definition) is 1. The number of rotatable bonds is 2. The highest BCUT2D eigenvalue weighted by atomic mass is 16.3. The molecule has 0 aromatic carbocycles. The number of hydrogen-bond acceptors (Lipinski definition) is 2. The van der Waals surface area contributed by atoms with Crippen molar-refractivity contribution in [3.63, 3.8) is 0 Å². The number of carbonyl (C=O) groups excluding carboxylic acids is 1. The fraction of sp³-hybridized carbons (Fsp3) is 0.615. The third kappa shape index (κ3) is 2.87. The standard InChI is InChI=1S/C13H21NO2/c1-8(2)14-12(15)10-7-11(13(4,5)6)16-9(10)3/h7-8H,1-6H3,(H,14,15). The van der Waals surface area contributed by atoms with Gasteiger partial charge in [-0.05, 0) is 26.8 Å². The highest BCUT2D eigenvalue weighted by Crippen LogP contribution is 2.26. The van der Waals surface area contributed by atoms with Crippen LogP contribution in [0, 0.1) is 6.92 Å². The van der Waals surface area contributed by atoms with Gasteiger partial charge < -0.3 is 9.73 Å². The molecule has 1 aromatic heterocycles. The molecule has 0 spiro atoms. The van der Waals surface area contributed by atoms with Crippen LogP contribution in [0.2, 0.25) is 0 Å². The van der Waals surface area contributed by atoms with E-state index in [2.05, 4.69) is 26.1 Å². The normalized spacial score (nSPS) is 11.9. The first-order valence-electron chi connectivity index (χ1n) is 5.63. The highest BCUT2D eigenvalue weighted by molar-refractivity contribution is 5.95. The van der Waals surface area contributed by atoms with E-state index >= 15 is 0 Å². The molecule has 3 heteroatoms. The molecule has 1 aromatic rings. The van der Waals surface area contributed by atoms with Gasteiger partial charge in [0, 0.05) is 11.5 Å². The van der Waals surface area contributed by atoms with E-state index in [4.69, 9.17) is 4.42 Å². The minimum Gasteiger partial charge on any atom is -0.465 e. The van der Waals surface area contributed by atoms with Gasteiger partial charge in [0.15, 0.2) is 0 Å². The molecule has 0 bridgehead atoms. The first-order valence-corrected chi connectivity index (χ1v) is 5.63. The first-order chi connectivity index (χ1) is 7.21. The van der Waals surface area contributed by atoms with Crippen molar-refractivity contribution in [1.82, 2.24) is 5.32 Å². The Labute approximate surface area is 97.2 Å². The Morgan fingerprint density at radius 3 is 2.31 bits per heavy atom. The lowest BCUT2D eigenvalue weighted by Gasteiger charge is -2.13. The van der Waals surface area contributed by atoms with Crippen LogP contribution in [-0.2, 0) is 5.41 Å². The molecule has 1 heterocycles. The molecule has 0 aliphatic rings. The molecule has 90 valence electrons. The van der Waals surface area contributed by atoms with E-state index in [-0.39, 0.29) is 17.4 Å². The van der Waals surface area contributed by atoms with E-state index in [1.54, 1.807) is 0 Å². The maximum Gasteiger partial charge on any atom is 0.255 e. The topological polar surface area (TPSA) is 42.2 Å². The molecule has 16 heavy (non-hydrogen) atoms. The van der Waals surface area contributed by atoms with E-state index in [1.165, 1.54) is 0 Å². The Bertz CT molecular complexity index is 383. The fourth-order valence-electron chi connectivity index (χ4n) is 1.42. The molecular weight excluding hydrogens is 202 g/mol. The van der Waals surface area contributed by atoms with Crippen LogP contribution in [0.25, 0.3) is 0 Å². The molecule has 0 saturated carbocycles.